The number of hydrogen-bond donors (Lipinski definition) is 0. The minimum atomic E-state index is -0.632. The molecule has 0 N–H and O–H groups in total. The van der Waals surface area contributed by atoms with Crippen molar-refractivity contribution < 1.29 is 0 Å². The van der Waals surface area contributed by atoms with E-state index in [9.17, 15) is 0 Å². The van der Waals surface area contributed by atoms with Crippen LogP contribution < -0.4 is 5.59 Å². The van der Waals surface area contributed by atoms with E-state index in [1.54, 1.807) is 0 Å². The first-order valence-electron chi connectivity index (χ1n) is 7.52. The van der Waals surface area contributed by atoms with Gasteiger partial charge in [0, 0.05) is 12.4 Å². The quantitative estimate of drug-likeness (QED) is 0.749. The lowest BCUT2D eigenvalue weighted by Gasteiger charge is -2.52. The number of pyridine rings is 1. The van der Waals surface area contributed by atoms with Gasteiger partial charge in [0.15, 0.2) is 0 Å². The van der Waals surface area contributed by atoms with E-state index in [0.717, 1.165) is 5.65 Å². The molecule has 0 unspecified atom stereocenters. The zero-order valence-electron chi connectivity index (χ0n) is 13.1. The van der Waals surface area contributed by atoms with Gasteiger partial charge in [-0.1, -0.05) is 53.7 Å². The van der Waals surface area contributed by atoms with Crippen molar-refractivity contribution in [2.75, 3.05) is 0 Å². The summed E-state index contributed by atoms with van der Waals surface area (Å²) in [7, 11) is 0. The number of hydrogen-bond acceptors (Lipinski definition) is 1. The minimum Gasteiger partial charge on any atom is -0.343 e. The van der Waals surface area contributed by atoms with Gasteiger partial charge in [-0.25, -0.2) is 4.98 Å². The van der Waals surface area contributed by atoms with Crippen LogP contribution in [0.1, 0.15) is 41.5 Å². The fourth-order valence-corrected chi connectivity index (χ4v) is 4.71. The maximum Gasteiger partial charge on any atom is 0.133 e. The van der Waals surface area contributed by atoms with Crippen LogP contribution >= 0.6 is 0 Å². The van der Waals surface area contributed by atoms with Crippen molar-refractivity contribution in [3.63, 3.8) is 0 Å². The summed E-state index contributed by atoms with van der Waals surface area (Å²) in [6, 6.07) is 6.54. The van der Waals surface area contributed by atoms with Gasteiger partial charge in [-0.3, -0.25) is 0 Å². The molecule has 0 atom stereocenters. The van der Waals surface area contributed by atoms with Gasteiger partial charge >= 0.3 is 0 Å². The maximum atomic E-state index is 4.44. The Kier molecular flexibility index (Phi) is 3.75. The van der Waals surface area contributed by atoms with Crippen LogP contribution in [0.15, 0.2) is 30.6 Å². The molecule has 2 aromatic rings. The van der Waals surface area contributed by atoms with Gasteiger partial charge in [0.2, 0.25) is 0 Å². The van der Waals surface area contributed by atoms with Crippen molar-refractivity contribution in [1.82, 2.24) is 9.38 Å². The molecule has 0 fully saturated rings. The van der Waals surface area contributed by atoms with E-state index >= 15 is 0 Å². The highest BCUT2D eigenvalue weighted by Gasteiger charge is 2.37. The highest BCUT2D eigenvalue weighted by Crippen LogP contribution is 2.40. The third kappa shape index (κ3) is 2.00. The molecule has 3 heteroatoms. The molecule has 0 spiro atoms. The van der Waals surface area contributed by atoms with Crippen LogP contribution in [0, 0.1) is 0 Å². The standard InChI is InChI=1S/C16H26BN2/c1-12(2)17(13(3)4,14(5)6)15-8-7-9-16-18-10-11-19(15)16/h7-14H,1-6H3/q-1. The second-order valence-corrected chi connectivity index (χ2v) is 6.92. The Labute approximate surface area is 117 Å². The molecule has 0 amide bonds. The Morgan fingerprint density at radius 1 is 0.947 bits per heavy atom. The number of aromatic nitrogens is 2. The summed E-state index contributed by atoms with van der Waals surface area (Å²) in [5, 5.41) is 0. The average Bonchev–Trinajstić information content (AvgIpc) is 2.76. The molecule has 2 heterocycles. The number of fused-ring (bicyclic) bond motifs is 1. The molecule has 2 rings (SSSR count). The normalized spacial score (nSPS) is 13.1. The van der Waals surface area contributed by atoms with Crippen LogP contribution in [0.2, 0.25) is 17.5 Å². The zero-order chi connectivity index (χ0) is 14.2. The van der Waals surface area contributed by atoms with E-state index in [1.165, 1.54) is 5.59 Å². The van der Waals surface area contributed by atoms with Crippen LogP contribution in [0.4, 0.5) is 0 Å². The number of nitrogens with zero attached hydrogens (tertiary/aromatic N) is 2. The molecule has 2 aromatic heterocycles. The fourth-order valence-electron chi connectivity index (χ4n) is 4.71. The van der Waals surface area contributed by atoms with E-state index in [-0.39, 0.29) is 0 Å². The fraction of sp³-hybridized carbons (Fsp3) is 0.562. The van der Waals surface area contributed by atoms with Crippen LogP contribution in [-0.2, 0) is 0 Å². The molecule has 0 saturated heterocycles. The molecule has 0 aliphatic heterocycles. The smallest absolute Gasteiger partial charge is 0.133 e. The van der Waals surface area contributed by atoms with E-state index in [1.807, 2.05) is 6.20 Å². The summed E-state index contributed by atoms with van der Waals surface area (Å²) >= 11 is 0. The maximum absolute atomic E-state index is 4.44. The molecule has 0 saturated carbocycles. The second kappa shape index (κ2) is 5.03. The SMILES string of the molecule is CC(C)[B-](c1cccc2nccn12)(C(C)C)C(C)C. The van der Waals surface area contributed by atoms with Crippen molar-refractivity contribution in [2.45, 2.75) is 59.0 Å². The average molecular weight is 257 g/mol. The van der Waals surface area contributed by atoms with Gasteiger partial charge in [-0.2, -0.15) is 17.5 Å². The first-order valence-corrected chi connectivity index (χ1v) is 7.52. The van der Waals surface area contributed by atoms with E-state index in [0.29, 0.717) is 17.5 Å². The Balaban J connectivity index is 2.77. The van der Waals surface area contributed by atoms with Crippen LogP contribution in [0.25, 0.3) is 5.65 Å². The van der Waals surface area contributed by atoms with Gasteiger partial charge in [-0.05, 0) is 6.07 Å². The van der Waals surface area contributed by atoms with Crippen LogP contribution in [0.5, 0.6) is 0 Å². The van der Waals surface area contributed by atoms with Crippen molar-refractivity contribution in [3.8, 4) is 0 Å². The molecule has 0 aliphatic rings. The van der Waals surface area contributed by atoms with Gasteiger partial charge in [0.25, 0.3) is 0 Å². The summed E-state index contributed by atoms with van der Waals surface area (Å²) in [6.45, 7) is 14.2. The summed E-state index contributed by atoms with van der Waals surface area (Å²) in [5.74, 6) is 1.94. The van der Waals surface area contributed by atoms with Gasteiger partial charge in [0.1, 0.15) is 5.65 Å². The van der Waals surface area contributed by atoms with Crippen molar-refractivity contribution in [2.24, 2.45) is 0 Å². The molecule has 0 aromatic carbocycles. The van der Waals surface area contributed by atoms with Crippen LogP contribution in [0.3, 0.4) is 0 Å². The molecule has 19 heavy (non-hydrogen) atoms. The predicted molar refractivity (Wildman–Crippen MR) is 85.9 cm³/mol. The molecule has 0 radical (unpaired) electrons. The lowest BCUT2D eigenvalue weighted by atomic mass is 9.08. The number of imidazole rings is 1. The third-order valence-corrected chi connectivity index (χ3v) is 5.28. The Hall–Kier alpha value is -1.25. The van der Waals surface area contributed by atoms with E-state index < -0.39 is 6.15 Å². The topological polar surface area (TPSA) is 17.3 Å². The summed E-state index contributed by atoms with van der Waals surface area (Å²) in [4.78, 5) is 4.44. The molecular weight excluding hydrogens is 231 g/mol. The predicted octanol–water partition coefficient (Wildman–Crippen LogP) is 4.22. The zero-order valence-corrected chi connectivity index (χ0v) is 13.1. The lowest BCUT2D eigenvalue weighted by Crippen LogP contribution is -2.57. The summed E-state index contributed by atoms with van der Waals surface area (Å²) in [5.41, 5.74) is 2.51. The number of rotatable bonds is 4. The molecule has 0 aliphatic carbocycles. The molecule has 104 valence electrons. The highest BCUT2D eigenvalue weighted by molar-refractivity contribution is 6.94. The van der Waals surface area contributed by atoms with Gasteiger partial charge in [0.05, 0.1) is 6.15 Å². The first-order chi connectivity index (χ1) is 8.92. The summed E-state index contributed by atoms with van der Waals surface area (Å²) < 4.78 is 2.29. The van der Waals surface area contributed by atoms with E-state index in [2.05, 4.69) is 75.3 Å². The summed E-state index contributed by atoms with van der Waals surface area (Å²) in [6.07, 6.45) is 3.38. The van der Waals surface area contributed by atoms with E-state index in [4.69, 9.17) is 0 Å². The third-order valence-electron chi connectivity index (χ3n) is 5.28. The van der Waals surface area contributed by atoms with Crippen molar-refractivity contribution in [3.05, 3.63) is 30.6 Å². The van der Waals surface area contributed by atoms with Crippen molar-refractivity contribution >= 4 is 17.4 Å². The Morgan fingerprint density at radius 3 is 2.05 bits per heavy atom. The van der Waals surface area contributed by atoms with Gasteiger partial charge in [-0.15, -0.1) is 5.59 Å². The molecule has 0 bridgehead atoms. The second-order valence-electron chi connectivity index (χ2n) is 6.92. The molecular formula is C16H26BN2-. The first kappa shape index (κ1) is 14.2. The highest BCUT2D eigenvalue weighted by atomic mass is 15.0. The Morgan fingerprint density at radius 2 is 1.53 bits per heavy atom. The Bertz CT molecular complexity index is 533. The molecule has 2 nitrogen and oxygen atoms in total. The van der Waals surface area contributed by atoms with Crippen LogP contribution in [-0.4, -0.2) is 15.5 Å². The lowest BCUT2D eigenvalue weighted by molar-refractivity contribution is 0.828. The van der Waals surface area contributed by atoms with Gasteiger partial charge < -0.3 is 4.40 Å². The van der Waals surface area contributed by atoms with Crippen molar-refractivity contribution in [1.29, 1.82) is 0 Å². The minimum absolute atomic E-state index is 0.632. The largest absolute Gasteiger partial charge is 0.343 e. The monoisotopic (exact) mass is 257 g/mol.